The molecule has 0 saturated heterocycles. The number of imidazole rings is 1. The van der Waals surface area contributed by atoms with E-state index >= 15 is 0 Å². The molecular formula is C52H76ClN9O7. The summed E-state index contributed by atoms with van der Waals surface area (Å²) in [5.74, 6) is 2.27. The first-order chi connectivity index (χ1) is 32.9. The molecule has 16 nitrogen and oxygen atoms in total. The van der Waals surface area contributed by atoms with E-state index in [0.29, 0.717) is 60.3 Å². The number of hydrogen-bond donors (Lipinski definition) is 6. The van der Waals surface area contributed by atoms with E-state index in [0.717, 1.165) is 65.7 Å². The van der Waals surface area contributed by atoms with E-state index in [9.17, 15) is 19.8 Å². The molecular weight excluding hydrogens is 898 g/mol. The highest BCUT2D eigenvalue weighted by Gasteiger charge is 2.32. The van der Waals surface area contributed by atoms with Gasteiger partial charge in [0.15, 0.2) is 16.7 Å². The van der Waals surface area contributed by atoms with E-state index in [1.807, 2.05) is 60.9 Å². The largest absolute Gasteiger partial charge is 0.493 e. The van der Waals surface area contributed by atoms with Crippen LogP contribution in [0.15, 0.2) is 66.7 Å². The van der Waals surface area contributed by atoms with Crippen LogP contribution in [0.1, 0.15) is 103 Å². The Morgan fingerprint density at radius 3 is 2.22 bits per heavy atom. The van der Waals surface area contributed by atoms with Gasteiger partial charge in [-0.2, -0.15) is 5.21 Å². The molecule has 378 valence electrons. The number of aliphatic hydroxyl groups is 2. The number of aryl methyl sites for hydroxylation is 1. The first-order valence-corrected chi connectivity index (χ1v) is 24.4. The minimum atomic E-state index is -0.854. The second-order valence-electron chi connectivity index (χ2n) is 19.0. The van der Waals surface area contributed by atoms with Crippen LogP contribution in [0.3, 0.4) is 0 Å². The normalized spacial score (nSPS) is 13.4. The van der Waals surface area contributed by atoms with Gasteiger partial charge in [-0.15, -0.1) is 10.2 Å². The third kappa shape index (κ3) is 16.6. The lowest BCUT2D eigenvalue weighted by Crippen LogP contribution is -2.46. The lowest BCUT2D eigenvalue weighted by atomic mass is 9.80. The maximum atomic E-state index is 12.9. The minimum absolute atomic E-state index is 0.00829. The Hall–Kier alpha value is -5.39. The van der Waals surface area contributed by atoms with Crippen LogP contribution in [-0.2, 0) is 40.3 Å². The van der Waals surface area contributed by atoms with Crippen LogP contribution < -0.4 is 26.3 Å². The summed E-state index contributed by atoms with van der Waals surface area (Å²) in [5.41, 5.74) is 17.0. The first-order valence-electron chi connectivity index (χ1n) is 24.0. The smallest absolute Gasteiger partial charge is 0.224 e. The number of tetrazole rings is 1. The second kappa shape index (κ2) is 27.7. The van der Waals surface area contributed by atoms with Crippen LogP contribution in [-0.4, -0.2) is 98.3 Å². The summed E-state index contributed by atoms with van der Waals surface area (Å²) in [6.45, 7) is 15.5. The molecule has 4 atom stereocenters. The molecule has 0 unspecified atom stereocenters. The number of halogens is 1. The molecule has 0 saturated carbocycles. The van der Waals surface area contributed by atoms with Crippen LogP contribution in [0.4, 0.5) is 0 Å². The number of nitrogens with two attached hydrogens (primary N) is 2. The number of hydrogen-bond acceptors (Lipinski definition) is 12. The minimum Gasteiger partial charge on any atom is -0.493 e. The zero-order chi connectivity index (χ0) is 50.7. The molecule has 8 N–H and O–H groups in total. The first kappa shape index (κ1) is 56.2. The van der Waals surface area contributed by atoms with Gasteiger partial charge in [-0.25, -0.2) is 4.98 Å². The number of aromatic amines is 1. The number of carbonyl (C=O) groups is 2. The second-order valence-corrected chi connectivity index (χ2v) is 19.4. The number of nitrogens with one attached hydrogen (secondary N) is 2. The number of carbonyl (C=O) groups excluding carboxylic acids is 2. The average Bonchev–Trinajstić information content (AvgIpc) is 3.98. The number of ether oxygens (including phenoxy) is 3. The number of nitrogens with zero attached hydrogens (tertiary/aromatic N) is 5. The van der Waals surface area contributed by atoms with Gasteiger partial charge in [0.05, 0.1) is 37.5 Å². The lowest BCUT2D eigenvalue weighted by Gasteiger charge is -2.30. The summed E-state index contributed by atoms with van der Waals surface area (Å²) in [6, 6.07) is 21.8. The van der Waals surface area contributed by atoms with Gasteiger partial charge >= 0.3 is 0 Å². The van der Waals surface area contributed by atoms with E-state index in [2.05, 4.69) is 76.0 Å². The van der Waals surface area contributed by atoms with Crippen molar-refractivity contribution in [3.63, 3.8) is 0 Å². The molecule has 2 amide bonds. The van der Waals surface area contributed by atoms with Crippen molar-refractivity contribution in [2.45, 2.75) is 119 Å². The molecule has 69 heavy (non-hydrogen) atoms. The van der Waals surface area contributed by atoms with Crippen molar-refractivity contribution in [1.82, 2.24) is 35.5 Å². The van der Waals surface area contributed by atoms with Crippen molar-refractivity contribution in [1.29, 1.82) is 0 Å². The summed E-state index contributed by atoms with van der Waals surface area (Å²) < 4.78 is 18.5. The van der Waals surface area contributed by atoms with Gasteiger partial charge in [0.1, 0.15) is 5.82 Å². The van der Waals surface area contributed by atoms with Gasteiger partial charge in [-0.05, 0) is 96.9 Å². The lowest BCUT2D eigenvalue weighted by molar-refractivity contribution is -0.130. The fraction of sp³-hybridized carbons (Fsp3) is 0.538. The van der Waals surface area contributed by atoms with Crippen molar-refractivity contribution in [3.05, 3.63) is 94.5 Å². The molecule has 0 aliphatic heterocycles. The number of benzene rings is 3. The Labute approximate surface area is 413 Å². The molecule has 5 rings (SSSR count). The Morgan fingerprint density at radius 2 is 1.62 bits per heavy atom. The van der Waals surface area contributed by atoms with Crippen molar-refractivity contribution in [3.8, 4) is 34.0 Å². The van der Waals surface area contributed by atoms with Gasteiger partial charge in [0, 0.05) is 57.2 Å². The quantitative estimate of drug-likeness (QED) is 0.0280. The molecule has 17 heteroatoms. The highest BCUT2D eigenvalue weighted by molar-refractivity contribution is 6.30. The van der Waals surface area contributed by atoms with Gasteiger partial charge in [-0.1, -0.05) is 107 Å². The predicted octanol–water partition coefficient (Wildman–Crippen LogP) is 7.56. The van der Waals surface area contributed by atoms with Crippen LogP contribution in [0.5, 0.6) is 11.5 Å². The number of amides is 2. The van der Waals surface area contributed by atoms with Crippen molar-refractivity contribution in [2.24, 2.45) is 40.6 Å². The summed E-state index contributed by atoms with van der Waals surface area (Å²) >= 11 is 6.26. The molecule has 0 aliphatic rings. The number of rotatable bonds is 27. The van der Waals surface area contributed by atoms with E-state index in [-0.39, 0.29) is 37.3 Å². The maximum absolute atomic E-state index is 12.9. The molecule has 0 spiro atoms. The number of methoxy groups -OCH3 is 2. The fourth-order valence-corrected chi connectivity index (χ4v) is 8.20. The Balaban J connectivity index is 0.000000309. The van der Waals surface area contributed by atoms with Crippen LogP contribution in [0, 0.1) is 29.1 Å². The van der Waals surface area contributed by atoms with E-state index < -0.39 is 29.4 Å². The topological polar surface area (TPSA) is 239 Å². The molecule has 0 bridgehead atoms. The molecule has 0 aliphatic carbocycles. The van der Waals surface area contributed by atoms with Crippen LogP contribution in [0.25, 0.3) is 22.5 Å². The number of H-pyrrole nitrogens is 1. The summed E-state index contributed by atoms with van der Waals surface area (Å²) in [5, 5.41) is 38.4. The van der Waals surface area contributed by atoms with Gasteiger partial charge in [0.25, 0.3) is 0 Å². The summed E-state index contributed by atoms with van der Waals surface area (Å²) in [7, 11) is 3.29. The monoisotopic (exact) mass is 974 g/mol. The Kier molecular flexibility index (Phi) is 22.6. The van der Waals surface area contributed by atoms with E-state index in [1.165, 1.54) is 0 Å². The molecule has 0 fully saturated rings. The molecule has 0 radical (unpaired) electrons. The van der Waals surface area contributed by atoms with Gasteiger partial charge in [0.2, 0.25) is 17.6 Å². The Morgan fingerprint density at radius 1 is 0.928 bits per heavy atom. The van der Waals surface area contributed by atoms with E-state index in [4.69, 9.17) is 37.3 Å². The van der Waals surface area contributed by atoms with Crippen molar-refractivity contribution in [2.75, 3.05) is 34.0 Å². The summed E-state index contributed by atoms with van der Waals surface area (Å²) in [4.78, 5) is 29.0. The maximum Gasteiger partial charge on any atom is 0.224 e. The van der Waals surface area contributed by atoms with Gasteiger partial charge < -0.3 is 45.8 Å². The molecule has 5 aromatic rings. The van der Waals surface area contributed by atoms with Crippen molar-refractivity contribution < 1.29 is 34.0 Å². The highest BCUT2D eigenvalue weighted by Crippen LogP contribution is 2.33. The van der Waals surface area contributed by atoms with Crippen molar-refractivity contribution >= 4 is 23.4 Å². The number of unbranched alkanes of at least 4 members (excludes halogenated alkanes) is 1. The predicted molar refractivity (Wildman–Crippen MR) is 270 cm³/mol. The molecule has 2 aromatic heterocycles. The zero-order valence-corrected chi connectivity index (χ0v) is 42.8. The Bertz CT molecular complexity index is 2320. The third-order valence-corrected chi connectivity index (χ3v) is 12.9. The molecule has 2 heterocycles. The van der Waals surface area contributed by atoms with Gasteiger partial charge in [-0.3, -0.25) is 9.59 Å². The zero-order valence-electron chi connectivity index (χ0n) is 42.0. The molecule has 3 aromatic carbocycles. The third-order valence-electron chi connectivity index (χ3n) is 12.6. The number of aliphatic hydroxyl groups excluding tert-OH is 2. The van der Waals surface area contributed by atoms with Crippen LogP contribution in [0.2, 0.25) is 5.15 Å². The van der Waals surface area contributed by atoms with Crippen LogP contribution >= 0.6 is 11.6 Å². The number of primary amides is 1. The highest BCUT2D eigenvalue weighted by atomic mass is 35.5. The standard InChI is InChI=1S/C30H53N3O6.C22H23ClN6O/c1-19(2)22(14-21-10-11-26(38-8)27(15-21)39-13-9-12-37-7)16-24(31)25(34)17-23(20(3)4)28(35)33-18-30(5,6)29(32)36;1-2-3-8-20-24-21(23)19(14-30)29(20)13-15-9-11-16(12-10-15)17-6-4-5-7-18(17)22-25-27-28-26-22/h10-11,15,19-20,22-25,34H,9,12-14,16-18,31H2,1-8H3,(H2,32,36)(H,33,35);4-7,9-12,30H,2-3,8,13-14H2,1H3,(H,25,26,27,28)/t22-,23-,24-,25-;/m0./s1. The number of aromatic nitrogens is 6. The van der Waals surface area contributed by atoms with E-state index in [1.54, 1.807) is 28.1 Å². The fourth-order valence-electron chi connectivity index (χ4n) is 7.94. The average molecular weight is 975 g/mol. The SMILES string of the molecule is CCCCc1nc(Cl)c(CO)n1Cc1ccc(-c2ccccc2-c2nn[nH]n2)cc1.COCCCOc1cc(C[C@@H](C[C@H](N)[C@@H](O)C[C@H](C(=O)NCC(C)(C)C(N)=O)C(C)C)C(C)C)ccc1OC. The summed E-state index contributed by atoms with van der Waals surface area (Å²) in [6.07, 6.45) is 4.51.